The summed E-state index contributed by atoms with van der Waals surface area (Å²) in [5.41, 5.74) is 2.60. The second kappa shape index (κ2) is 12.1. The Bertz CT molecular complexity index is 1190. The van der Waals surface area contributed by atoms with Gasteiger partial charge in [-0.2, -0.15) is 12.7 Å². The minimum absolute atomic E-state index is 0.0459. The monoisotopic (exact) mass is 542 g/mol. The Morgan fingerprint density at radius 3 is 2.23 bits per heavy atom. The largest absolute Gasteiger partial charge is 0.357 e. The standard InChI is InChI=1S/C24H32Cl2N4O4S/c1-7-21(24(32)27-4)29(14-18-10-11-19(25)20(26)13-18)23(31)15-30(35(33,34)28(5)6)22-12-16(2)8-9-17(22)3/h8-13,21H,7,14-15H2,1-6H3,(H,27,32)/t21-/m0/s1. The second-order valence-corrected chi connectivity index (χ2v) is 11.3. The number of rotatable bonds is 10. The lowest BCUT2D eigenvalue weighted by atomic mass is 10.1. The summed E-state index contributed by atoms with van der Waals surface area (Å²) in [5.74, 6) is -0.882. The van der Waals surface area contributed by atoms with Crippen molar-refractivity contribution < 1.29 is 18.0 Å². The lowest BCUT2D eigenvalue weighted by Gasteiger charge is -2.34. The molecule has 0 saturated heterocycles. The van der Waals surface area contributed by atoms with Gasteiger partial charge in [0.25, 0.3) is 0 Å². The molecular weight excluding hydrogens is 511 g/mol. The Kier molecular flexibility index (Phi) is 9.97. The number of halogens is 2. The van der Waals surface area contributed by atoms with E-state index in [1.165, 1.54) is 26.0 Å². The van der Waals surface area contributed by atoms with Crippen molar-refractivity contribution in [3.63, 3.8) is 0 Å². The molecule has 0 heterocycles. The molecule has 0 aliphatic rings. The molecule has 0 fully saturated rings. The summed E-state index contributed by atoms with van der Waals surface area (Å²) < 4.78 is 28.7. The number of likely N-dealkylation sites (N-methyl/N-ethyl adjacent to an activating group) is 1. The highest BCUT2D eigenvalue weighted by molar-refractivity contribution is 7.90. The van der Waals surface area contributed by atoms with Crippen LogP contribution >= 0.6 is 23.2 Å². The summed E-state index contributed by atoms with van der Waals surface area (Å²) in [6.45, 7) is 4.97. The molecule has 192 valence electrons. The van der Waals surface area contributed by atoms with E-state index in [4.69, 9.17) is 23.2 Å². The molecule has 2 aromatic rings. The molecule has 0 aliphatic carbocycles. The van der Waals surface area contributed by atoms with Crippen LogP contribution in [0.3, 0.4) is 0 Å². The Labute approximate surface area is 218 Å². The molecule has 0 spiro atoms. The third-order valence-corrected chi connectivity index (χ3v) is 8.17. The number of amides is 2. The third-order valence-electron chi connectivity index (χ3n) is 5.62. The molecule has 1 N–H and O–H groups in total. The number of benzene rings is 2. The fourth-order valence-corrected chi connectivity index (χ4v) is 5.04. The van der Waals surface area contributed by atoms with Crippen molar-refractivity contribution >= 4 is 50.9 Å². The maximum absolute atomic E-state index is 13.7. The van der Waals surface area contributed by atoms with E-state index >= 15 is 0 Å². The van der Waals surface area contributed by atoms with Crippen molar-refractivity contribution in [1.29, 1.82) is 0 Å². The lowest BCUT2D eigenvalue weighted by Crippen LogP contribution is -2.53. The minimum Gasteiger partial charge on any atom is -0.357 e. The van der Waals surface area contributed by atoms with Gasteiger partial charge >= 0.3 is 10.2 Å². The molecule has 0 aromatic heterocycles. The smallest absolute Gasteiger partial charge is 0.304 e. The van der Waals surface area contributed by atoms with Gasteiger partial charge < -0.3 is 10.2 Å². The molecule has 0 unspecified atom stereocenters. The Hall–Kier alpha value is -2.33. The van der Waals surface area contributed by atoms with Gasteiger partial charge in [0.1, 0.15) is 12.6 Å². The normalized spacial score (nSPS) is 12.4. The zero-order valence-electron chi connectivity index (χ0n) is 20.8. The summed E-state index contributed by atoms with van der Waals surface area (Å²) in [7, 11) is 0.284. The molecule has 2 aromatic carbocycles. The average molecular weight is 544 g/mol. The fraction of sp³-hybridized carbons (Fsp3) is 0.417. The van der Waals surface area contributed by atoms with Crippen LogP contribution in [0.2, 0.25) is 10.0 Å². The molecule has 0 radical (unpaired) electrons. The van der Waals surface area contributed by atoms with E-state index in [0.29, 0.717) is 33.3 Å². The van der Waals surface area contributed by atoms with E-state index in [1.807, 2.05) is 13.0 Å². The van der Waals surface area contributed by atoms with Crippen LogP contribution in [0.25, 0.3) is 0 Å². The van der Waals surface area contributed by atoms with E-state index in [1.54, 1.807) is 44.2 Å². The zero-order valence-corrected chi connectivity index (χ0v) is 23.1. The molecule has 2 amide bonds. The van der Waals surface area contributed by atoms with Crippen LogP contribution in [-0.4, -0.2) is 63.2 Å². The van der Waals surface area contributed by atoms with Gasteiger partial charge in [0.2, 0.25) is 11.8 Å². The highest BCUT2D eigenvalue weighted by atomic mass is 35.5. The molecule has 0 saturated carbocycles. The third kappa shape index (κ3) is 6.88. The van der Waals surface area contributed by atoms with Crippen LogP contribution in [-0.2, 0) is 26.3 Å². The van der Waals surface area contributed by atoms with Crippen LogP contribution < -0.4 is 9.62 Å². The van der Waals surface area contributed by atoms with Gasteiger partial charge in [0.05, 0.1) is 15.7 Å². The molecule has 1 atom stereocenters. The number of hydrogen-bond donors (Lipinski definition) is 1. The Morgan fingerprint density at radius 2 is 1.69 bits per heavy atom. The summed E-state index contributed by atoms with van der Waals surface area (Å²) in [4.78, 5) is 27.8. The highest BCUT2D eigenvalue weighted by Gasteiger charge is 2.34. The second-order valence-electron chi connectivity index (χ2n) is 8.40. The van der Waals surface area contributed by atoms with Gasteiger partial charge in [-0.1, -0.05) is 48.3 Å². The van der Waals surface area contributed by atoms with Gasteiger partial charge in [-0.3, -0.25) is 9.59 Å². The van der Waals surface area contributed by atoms with Crippen molar-refractivity contribution in [1.82, 2.24) is 14.5 Å². The molecule has 2 rings (SSSR count). The van der Waals surface area contributed by atoms with E-state index in [9.17, 15) is 18.0 Å². The van der Waals surface area contributed by atoms with Gasteiger partial charge in [0.15, 0.2) is 0 Å². The fourth-order valence-electron chi connectivity index (χ4n) is 3.61. The number of anilines is 1. The maximum atomic E-state index is 13.7. The average Bonchev–Trinajstić information content (AvgIpc) is 2.80. The van der Waals surface area contributed by atoms with Gasteiger partial charge in [-0.25, -0.2) is 4.31 Å². The van der Waals surface area contributed by atoms with Crippen LogP contribution in [0.1, 0.15) is 30.0 Å². The van der Waals surface area contributed by atoms with Crippen molar-refractivity contribution in [2.24, 2.45) is 0 Å². The summed E-state index contributed by atoms with van der Waals surface area (Å²) in [6.07, 6.45) is 0.330. The predicted molar refractivity (Wildman–Crippen MR) is 141 cm³/mol. The van der Waals surface area contributed by atoms with Gasteiger partial charge in [0, 0.05) is 27.7 Å². The number of carbonyl (C=O) groups is 2. The van der Waals surface area contributed by atoms with Crippen LogP contribution in [0.5, 0.6) is 0 Å². The summed E-state index contributed by atoms with van der Waals surface area (Å²) in [6, 6.07) is 9.54. The SMILES string of the molecule is CC[C@@H](C(=O)NC)N(Cc1ccc(Cl)c(Cl)c1)C(=O)CN(c1cc(C)ccc1C)S(=O)(=O)N(C)C. The first-order valence-electron chi connectivity index (χ1n) is 11.1. The lowest BCUT2D eigenvalue weighted by molar-refractivity contribution is -0.140. The molecular formula is C24H32Cl2N4O4S. The number of carbonyl (C=O) groups excluding carboxylic acids is 2. The quantitative estimate of drug-likeness (QED) is 0.494. The first-order chi connectivity index (χ1) is 16.3. The Morgan fingerprint density at radius 1 is 1.03 bits per heavy atom. The van der Waals surface area contributed by atoms with Crippen molar-refractivity contribution in [2.45, 2.75) is 39.8 Å². The number of nitrogens with zero attached hydrogens (tertiary/aromatic N) is 3. The van der Waals surface area contributed by atoms with Crippen LogP contribution in [0.4, 0.5) is 5.69 Å². The number of hydrogen-bond acceptors (Lipinski definition) is 4. The van der Waals surface area contributed by atoms with E-state index in [0.717, 1.165) is 14.2 Å². The minimum atomic E-state index is -4.02. The molecule has 8 nitrogen and oxygen atoms in total. The first-order valence-corrected chi connectivity index (χ1v) is 13.2. The molecule has 11 heteroatoms. The van der Waals surface area contributed by atoms with E-state index in [-0.39, 0.29) is 12.5 Å². The zero-order chi connectivity index (χ0) is 26.5. The Balaban J connectivity index is 2.56. The maximum Gasteiger partial charge on any atom is 0.304 e. The molecule has 0 aliphatic heterocycles. The number of aryl methyl sites for hydroxylation is 2. The molecule has 0 bridgehead atoms. The summed E-state index contributed by atoms with van der Waals surface area (Å²) in [5, 5.41) is 3.27. The van der Waals surface area contributed by atoms with Crippen molar-refractivity contribution in [3.05, 3.63) is 63.1 Å². The van der Waals surface area contributed by atoms with E-state index in [2.05, 4.69) is 5.32 Å². The van der Waals surface area contributed by atoms with Crippen LogP contribution in [0.15, 0.2) is 36.4 Å². The summed E-state index contributed by atoms with van der Waals surface area (Å²) >= 11 is 12.2. The topological polar surface area (TPSA) is 90.0 Å². The molecule has 35 heavy (non-hydrogen) atoms. The first kappa shape index (κ1) is 28.9. The van der Waals surface area contributed by atoms with E-state index < -0.39 is 28.7 Å². The van der Waals surface area contributed by atoms with Crippen molar-refractivity contribution in [2.75, 3.05) is 32.0 Å². The number of nitrogens with one attached hydrogen (secondary N) is 1. The highest BCUT2D eigenvalue weighted by Crippen LogP contribution is 2.27. The van der Waals surface area contributed by atoms with Crippen LogP contribution in [0, 0.1) is 13.8 Å². The van der Waals surface area contributed by atoms with Gasteiger partial charge in [-0.05, 0) is 55.2 Å². The predicted octanol–water partition coefficient (Wildman–Crippen LogP) is 3.78. The van der Waals surface area contributed by atoms with Crippen molar-refractivity contribution in [3.8, 4) is 0 Å². The van der Waals surface area contributed by atoms with Gasteiger partial charge in [-0.15, -0.1) is 0 Å².